The molecular weight excluding hydrogens is 491 g/mol. The second-order valence-corrected chi connectivity index (χ2v) is 7.46. The standard InChI is InChI=1S/C28H27.3ClH.Ti/c1-2-3-13-23-20-21-27(22-23)28(24-14-7-4-8-15-24,25-16-9-5-10-17-25)26-18-11-6-12-19-26;;;;/h4-12,14-22H,2-3,13H2,1H3;3*1H;/q-1;;;;+4/p-3. The van der Waals surface area contributed by atoms with Gasteiger partial charge < -0.3 is 37.2 Å². The van der Waals surface area contributed by atoms with Crippen molar-refractivity contribution in [1.82, 2.24) is 0 Å². The summed E-state index contributed by atoms with van der Waals surface area (Å²) < 4.78 is 0. The molecule has 4 aromatic rings. The Bertz CT molecular complexity index is 902. The predicted octanol–water partition coefficient (Wildman–Crippen LogP) is -1.86. The van der Waals surface area contributed by atoms with Gasteiger partial charge in [-0.25, -0.2) is 6.07 Å². The SMILES string of the molecule is CCCCc1cc[c-](C(c2ccccc2)(c2ccccc2)c2ccccc2)c1.[Cl-].[Cl-].[Cl-].[Ti+4]. The first-order valence-corrected chi connectivity index (χ1v) is 10.3. The third kappa shape index (κ3) is 6.13. The summed E-state index contributed by atoms with van der Waals surface area (Å²) in [5.74, 6) is 0. The number of hydrogen-bond donors (Lipinski definition) is 0. The topological polar surface area (TPSA) is 0 Å². The number of benzene rings is 3. The first-order chi connectivity index (χ1) is 13.9. The zero-order valence-corrected chi connectivity index (χ0v) is 22.0. The molecule has 4 heteroatoms. The summed E-state index contributed by atoms with van der Waals surface area (Å²) in [6.45, 7) is 2.26. The molecule has 0 saturated carbocycles. The number of unbranched alkanes of at least 4 members (excludes halogenated alkanes) is 1. The average molecular weight is 518 g/mol. The van der Waals surface area contributed by atoms with Crippen LogP contribution >= 0.6 is 0 Å². The van der Waals surface area contributed by atoms with E-state index in [-0.39, 0.29) is 64.4 Å². The maximum atomic E-state index is 2.42. The van der Waals surface area contributed by atoms with Gasteiger partial charge in [-0.3, -0.25) is 0 Å². The van der Waals surface area contributed by atoms with E-state index in [2.05, 4.69) is 116 Å². The van der Waals surface area contributed by atoms with Crippen LogP contribution in [0.15, 0.2) is 109 Å². The van der Waals surface area contributed by atoms with E-state index >= 15 is 0 Å². The largest absolute Gasteiger partial charge is 4.00 e. The second-order valence-electron chi connectivity index (χ2n) is 7.46. The van der Waals surface area contributed by atoms with Gasteiger partial charge in [0, 0.05) is 5.41 Å². The van der Waals surface area contributed by atoms with Gasteiger partial charge in [-0.15, -0.1) is 5.56 Å². The third-order valence-corrected chi connectivity index (χ3v) is 5.69. The molecule has 32 heavy (non-hydrogen) atoms. The molecule has 0 saturated heterocycles. The van der Waals surface area contributed by atoms with Gasteiger partial charge in [0.05, 0.1) is 0 Å². The van der Waals surface area contributed by atoms with Crippen molar-refractivity contribution in [2.24, 2.45) is 0 Å². The minimum absolute atomic E-state index is 0. The van der Waals surface area contributed by atoms with Crippen molar-refractivity contribution in [3.63, 3.8) is 0 Å². The normalized spacial score (nSPS) is 10.0. The van der Waals surface area contributed by atoms with E-state index in [1.165, 1.54) is 40.7 Å². The minimum atomic E-state index is -0.311. The van der Waals surface area contributed by atoms with Gasteiger partial charge in [0.1, 0.15) is 0 Å². The fourth-order valence-corrected chi connectivity index (χ4v) is 4.33. The van der Waals surface area contributed by atoms with E-state index in [1.54, 1.807) is 0 Å². The Morgan fingerprint density at radius 3 is 1.41 bits per heavy atom. The van der Waals surface area contributed by atoms with Crippen LogP contribution in [0, 0.1) is 0 Å². The molecule has 0 bridgehead atoms. The predicted molar refractivity (Wildman–Crippen MR) is 119 cm³/mol. The van der Waals surface area contributed by atoms with E-state index in [0.29, 0.717) is 0 Å². The van der Waals surface area contributed by atoms with E-state index in [9.17, 15) is 0 Å². The van der Waals surface area contributed by atoms with Gasteiger partial charge in [-0.1, -0.05) is 117 Å². The van der Waals surface area contributed by atoms with Crippen LogP contribution in [0.25, 0.3) is 0 Å². The van der Waals surface area contributed by atoms with Crippen molar-refractivity contribution < 1.29 is 58.9 Å². The number of hydrogen-bond acceptors (Lipinski definition) is 0. The van der Waals surface area contributed by atoms with Crippen LogP contribution in [-0.2, 0) is 33.6 Å². The molecule has 0 radical (unpaired) electrons. The van der Waals surface area contributed by atoms with E-state index in [4.69, 9.17) is 0 Å². The van der Waals surface area contributed by atoms with Crippen LogP contribution in [0.4, 0.5) is 0 Å². The summed E-state index contributed by atoms with van der Waals surface area (Å²) in [5, 5.41) is 0. The van der Waals surface area contributed by atoms with Crippen molar-refractivity contribution >= 4 is 0 Å². The third-order valence-electron chi connectivity index (χ3n) is 5.69. The molecule has 0 nitrogen and oxygen atoms in total. The Morgan fingerprint density at radius 1 is 0.625 bits per heavy atom. The Labute approximate surface area is 226 Å². The molecule has 0 N–H and O–H groups in total. The van der Waals surface area contributed by atoms with E-state index in [0.717, 1.165) is 6.42 Å². The van der Waals surface area contributed by atoms with Crippen LogP contribution in [0.3, 0.4) is 0 Å². The molecule has 0 unspecified atom stereocenters. The van der Waals surface area contributed by atoms with Crippen molar-refractivity contribution in [2.45, 2.75) is 31.6 Å². The molecule has 0 aromatic heterocycles. The number of halogens is 3. The van der Waals surface area contributed by atoms with Gasteiger partial charge in [-0.05, 0) is 16.7 Å². The molecular formula is C28H27Cl3Ti. The van der Waals surface area contributed by atoms with Gasteiger partial charge in [0.15, 0.2) is 0 Å². The Kier molecular flexibility index (Phi) is 14.0. The Morgan fingerprint density at radius 2 is 1.03 bits per heavy atom. The van der Waals surface area contributed by atoms with Crippen LogP contribution in [-0.4, -0.2) is 0 Å². The van der Waals surface area contributed by atoms with Crippen molar-refractivity contribution in [3.05, 3.63) is 137 Å². The quantitative estimate of drug-likeness (QED) is 0.153. The van der Waals surface area contributed by atoms with Crippen LogP contribution in [0.2, 0.25) is 0 Å². The van der Waals surface area contributed by atoms with Gasteiger partial charge in [-0.2, -0.15) is 17.7 Å². The molecule has 164 valence electrons. The van der Waals surface area contributed by atoms with E-state index < -0.39 is 0 Å². The monoisotopic (exact) mass is 516 g/mol. The van der Waals surface area contributed by atoms with Gasteiger partial charge >= 0.3 is 21.7 Å². The molecule has 0 heterocycles. The number of aryl methyl sites for hydroxylation is 1. The molecule has 4 aromatic carbocycles. The first kappa shape index (κ1) is 30.6. The second kappa shape index (κ2) is 14.7. The number of rotatable bonds is 7. The van der Waals surface area contributed by atoms with Crippen molar-refractivity contribution in [1.29, 1.82) is 0 Å². The van der Waals surface area contributed by atoms with E-state index in [1.807, 2.05) is 0 Å². The van der Waals surface area contributed by atoms with Crippen LogP contribution in [0.5, 0.6) is 0 Å². The van der Waals surface area contributed by atoms with Crippen molar-refractivity contribution in [2.75, 3.05) is 0 Å². The summed E-state index contributed by atoms with van der Waals surface area (Å²) >= 11 is 0. The van der Waals surface area contributed by atoms with Crippen molar-refractivity contribution in [3.8, 4) is 0 Å². The molecule has 4 rings (SSSR count). The summed E-state index contributed by atoms with van der Waals surface area (Å²) in [7, 11) is 0. The maximum absolute atomic E-state index is 2.42. The zero-order valence-electron chi connectivity index (χ0n) is 18.1. The summed E-state index contributed by atoms with van der Waals surface area (Å²) in [4.78, 5) is 0. The molecule has 0 aliphatic rings. The molecule has 0 fully saturated rings. The minimum Gasteiger partial charge on any atom is -1.00 e. The fraction of sp³-hybridized carbons (Fsp3) is 0.179. The smallest absolute Gasteiger partial charge is 1.00 e. The average Bonchev–Trinajstić information content (AvgIpc) is 3.24. The summed E-state index contributed by atoms with van der Waals surface area (Å²) in [6.07, 6.45) is 3.60. The molecule has 0 atom stereocenters. The van der Waals surface area contributed by atoms with Gasteiger partial charge in [0.25, 0.3) is 0 Å². The first-order valence-electron chi connectivity index (χ1n) is 10.3. The summed E-state index contributed by atoms with van der Waals surface area (Å²) in [5.41, 5.74) is 6.39. The Balaban J connectivity index is 0.00000240. The molecule has 0 spiro atoms. The molecule has 0 aliphatic heterocycles. The zero-order chi connectivity index (χ0) is 19.2. The molecule has 0 aliphatic carbocycles. The maximum Gasteiger partial charge on any atom is 4.00 e. The van der Waals surface area contributed by atoms with Gasteiger partial charge in [0.2, 0.25) is 0 Å². The Hall–Kier alpha value is -1.41. The molecule has 0 amide bonds. The fourth-order valence-electron chi connectivity index (χ4n) is 4.33. The van der Waals surface area contributed by atoms with Crippen LogP contribution < -0.4 is 37.2 Å². The summed E-state index contributed by atoms with van der Waals surface area (Å²) in [6, 6.07) is 39.8. The van der Waals surface area contributed by atoms with Crippen LogP contribution in [0.1, 0.15) is 47.6 Å².